The van der Waals surface area contributed by atoms with Crippen LogP contribution in [0.4, 0.5) is 0 Å². The molecule has 86 valence electrons. The maximum Gasteiger partial charge on any atom is 0.222 e. The summed E-state index contributed by atoms with van der Waals surface area (Å²) in [6.07, 6.45) is 5.68. The van der Waals surface area contributed by atoms with Crippen LogP contribution in [0.5, 0.6) is 0 Å². The summed E-state index contributed by atoms with van der Waals surface area (Å²) in [4.78, 5) is 14.0. The third-order valence-electron chi connectivity index (χ3n) is 4.09. The molecule has 1 aliphatic heterocycles. The minimum absolute atomic E-state index is 0.176. The molecule has 2 fully saturated rings. The molecular formula is C12H22N2O. The fourth-order valence-electron chi connectivity index (χ4n) is 2.48. The van der Waals surface area contributed by atoms with E-state index in [-0.39, 0.29) is 5.41 Å². The summed E-state index contributed by atoms with van der Waals surface area (Å²) < 4.78 is 0. The highest BCUT2D eigenvalue weighted by molar-refractivity contribution is 5.76. The van der Waals surface area contributed by atoms with Crippen molar-refractivity contribution in [3.63, 3.8) is 0 Å². The predicted molar refractivity (Wildman–Crippen MR) is 60.3 cm³/mol. The SMILES string of the molecule is CC1(CN)CCN(C(=O)CC2CCC2)C1. The maximum atomic E-state index is 11.9. The van der Waals surface area contributed by atoms with Gasteiger partial charge < -0.3 is 10.6 Å². The lowest BCUT2D eigenvalue weighted by atomic mass is 9.82. The van der Waals surface area contributed by atoms with E-state index in [1.807, 2.05) is 4.90 Å². The van der Waals surface area contributed by atoms with Crippen LogP contribution in [0.3, 0.4) is 0 Å². The van der Waals surface area contributed by atoms with Crippen molar-refractivity contribution >= 4 is 5.91 Å². The number of hydrogen-bond donors (Lipinski definition) is 1. The molecule has 1 saturated heterocycles. The molecule has 3 nitrogen and oxygen atoms in total. The molecule has 1 aliphatic carbocycles. The van der Waals surface area contributed by atoms with Crippen molar-refractivity contribution in [2.45, 2.75) is 39.0 Å². The molecule has 0 aromatic rings. The Kier molecular flexibility index (Phi) is 3.01. The summed E-state index contributed by atoms with van der Waals surface area (Å²) in [6, 6.07) is 0. The number of carbonyl (C=O) groups is 1. The zero-order chi connectivity index (χ0) is 10.9. The molecule has 2 aliphatic rings. The molecule has 3 heteroatoms. The predicted octanol–water partition coefficient (Wildman–Crippen LogP) is 1.37. The molecule has 0 aromatic heterocycles. The van der Waals surface area contributed by atoms with Crippen LogP contribution in [-0.4, -0.2) is 30.4 Å². The van der Waals surface area contributed by atoms with E-state index < -0.39 is 0 Å². The third-order valence-corrected chi connectivity index (χ3v) is 4.09. The van der Waals surface area contributed by atoms with E-state index in [1.165, 1.54) is 19.3 Å². The van der Waals surface area contributed by atoms with Gasteiger partial charge in [-0.05, 0) is 37.1 Å². The van der Waals surface area contributed by atoms with Gasteiger partial charge in [0.05, 0.1) is 0 Å². The van der Waals surface area contributed by atoms with Gasteiger partial charge in [-0.2, -0.15) is 0 Å². The standard InChI is InChI=1S/C12H22N2O/c1-12(8-13)5-6-14(9-12)11(15)7-10-3-2-4-10/h10H,2-9,13H2,1H3. The van der Waals surface area contributed by atoms with Crippen LogP contribution in [0, 0.1) is 11.3 Å². The van der Waals surface area contributed by atoms with E-state index in [4.69, 9.17) is 5.73 Å². The third kappa shape index (κ3) is 2.33. The highest BCUT2D eigenvalue weighted by Crippen LogP contribution is 2.33. The first kappa shape index (κ1) is 10.9. The first-order valence-electron chi connectivity index (χ1n) is 6.11. The van der Waals surface area contributed by atoms with Crippen molar-refractivity contribution in [1.82, 2.24) is 4.90 Å². The first-order chi connectivity index (χ1) is 7.13. The average molecular weight is 210 g/mol. The van der Waals surface area contributed by atoms with E-state index >= 15 is 0 Å². The van der Waals surface area contributed by atoms with E-state index in [2.05, 4.69) is 6.92 Å². The largest absolute Gasteiger partial charge is 0.342 e. The minimum Gasteiger partial charge on any atom is -0.342 e. The van der Waals surface area contributed by atoms with Crippen LogP contribution in [-0.2, 0) is 4.79 Å². The van der Waals surface area contributed by atoms with Crippen LogP contribution in [0.25, 0.3) is 0 Å². The topological polar surface area (TPSA) is 46.3 Å². The number of rotatable bonds is 3. The Hall–Kier alpha value is -0.570. The summed E-state index contributed by atoms with van der Waals surface area (Å²) in [5.41, 5.74) is 5.91. The Morgan fingerprint density at radius 2 is 2.27 bits per heavy atom. The molecule has 0 spiro atoms. The summed E-state index contributed by atoms with van der Waals surface area (Å²) in [5.74, 6) is 1.04. The van der Waals surface area contributed by atoms with Gasteiger partial charge in [0, 0.05) is 19.5 Å². The Morgan fingerprint density at radius 3 is 2.73 bits per heavy atom. The van der Waals surface area contributed by atoms with Crippen LogP contribution in [0.1, 0.15) is 39.0 Å². The van der Waals surface area contributed by atoms with Gasteiger partial charge in [-0.3, -0.25) is 4.79 Å². The fraction of sp³-hybridized carbons (Fsp3) is 0.917. The molecule has 1 unspecified atom stereocenters. The smallest absolute Gasteiger partial charge is 0.222 e. The van der Waals surface area contributed by atoms with E-state index in [9.17, 15) is 4.79 Å². The molecule has 2 rings (SSSR count). The number of carbonyl (C=O) groups excluding carboxylic acids is 1. The van der Waals surface area contributed by atoms with E-state index in [0.29, 0.717) is 18.4 Å². The minimum atomic E-state index is 0.176. The van der Waals surface area contributed by atoms with Crippen LogP contribution < -0.4 is 5.73 Å². The molecule has 15 heavy (non-hydrogen) atoms. The van der Waals surface area contributed by atoms with E-state index in [1.54, 1.807) is 0 Å². The van der Waals surface area contributed by atoms with Crippen molar-refractivity contribution in [3.05, 3.63) is 0 Å². The Bertz CT molecular complexity index is 250. The van der Waals surface area contributed by atoms with Crippen LogP contribution in [0.15, 0.2) is 0 Å². The molecular weight excluding hydrogens is 188 g/mol. The van der Waals surface area contributed by atoms with Gasteiger partial charge in [0.15, 0.2) is 0 Å². The monoisotopic (exact) mass is 210 g/mol. The van der Waals surface area contributed by atoms with Gasteiger partial charge in [-0.1, -0.05) is 13.3 Å². The Morgan fingerprint density at radius 1 is 1.53 bits per heavy atom. The molecule has 0 radical (unpaired) electrons. The molecule has 2 N–H and O–H groups in total. The van der Waals surface area contributed by atoms with Crippen molar-refractivity contribution in [2.75, 3.05) is 19.6 Å². The van der Waals surface area contributed by atoms with Gasteiger partial charge in [-0.15, -0.1) is 0 Å². The summed E-state index contributed by atoms with van der Waals surface area (Å²) in [7, 11) is 0. The van der Waals surface area contributed by atoms with Gasteiger partial charge in [0.2, 0.25) is 5.91 Å². The second-order valence-electron chi connectivity index (χ2n) is 5.58. The van der Waals surface area contributed by atoms with Gasteiger partial charge >= 0.3 is 0 Å². The highest BCUT2D eigenvalue weighted by Gasteiger charge is 2.35. The highest BCUT2D eigenvalue weighted by atomic mass is 16.2. The number of nitrogens with two attached hydrogens (primary N) is 1. The molecule has 1 amide bonds. The number of amides is 1. The molecule has 1 saturated carbocycles. The number of hydrogen-bond acceptors (Lipinski definition) is 2. The van der Waals surface area contributed by atoms with Crippen LogP contribution in [0.2, 0.25) is 0 Å². The van der Waals surface area contributed by atoms with Crippen molar-refractivity contribution in [1.29, 1.82) is 0 Å². The van der Waals surface area contributed by atoms with Crippen molar-refractivity contribution < 1.29 is 4.79 Å². The summed E-state index contributed by atoms with van der Waals surface area (Å²) in [6.45, 7) is 4.66. The number of likely N-dealkylation sites (tertiary alicyclic amines) is 1. The Balaban J connectivity index is 1.81. The van der Waals surface area contributed by atoms with Gasteiger partial charge in [0.1, 0.15) is 0 Å². The second-order valence-corrected chi connectivity index (χ2v) is 5.58. The zero-order valence-electron chi connectivity index (χ0n) is 9.67. The maximum absolute atomic E-state index is 11.9. The fourth-order valence-corrected chi connectivity index (χ4v) is 2.48. The molecule has 0 aromatic carbocycles. The normalized spacial score (nSPS) is 31.7. The molecule has 1 heterocycles. The lowest BCUT2D eigenvalue weighted by Gasteiger charge is -2.28. The lowest BCUT2D eigenvalue weighted by molar-refractivity contribution is -0.132. The first-order valence-corrected chi connectivity index (χ1v) is 6.11. The summed E-state index contributed by atoms with van der Waals surface area (Å²) in [5, 5.41) is 0. The summed E-state index contributed by atoms with van der Waals surface area (Å²) >= 11 is 0. The van der Waals surface area contributed by atoms with Crippen molar-refractivity contribution in [3.8, 4) is 0 Å². The number of nitrogens with zero attached hydrogens (tertiary/aromatic N) is 1. The Labute approximate surface area is 92.0 Å². The van der Waals surface area contributed by atoms with E-state index in [0.717, 1.165) is 25.9 Å². The lowest BCUT2D eigenvalue weighted by Crippen LogP contribution is -2.35. The molecule has 1 atom stereocenters. The molecule has 0 bridgehead atoms. The van der Waals surface area contributed by atoms with Crippen molar-refractivity contribution in [2.24, 2.45) is 17.1 Å². The quantitative estimate of drug-likeness (QED) is 0.765. The second kappa shape index (κ2) is 4.12. The van der Waals surface area contributed by atoms with Crippen LogP contribution >= 0.6 is 0 Å². The average Bonchev–Trinajstić information content (AvgIpc) is 2.55. The van der Waals surface area contributed by atoms with Gasteiger partial charge in [-0.25, -0.2) is 0 Å². The van der Waals surface area contributed by atoms with Gasteiger partial charge in [0.25, 0.3) is 0 Å². The zero-order valence-corrected chi connectivity index (χ0v) is 9.67.